The number of fused-ring (bicyclic) bond motifs is 2. The highest BCUT2D eigenvalue weighted by molar-refractivity contribution is 5.92. The van der Waals surface area contributed by atoms with Crippen molar-refractivity contribution in [3.63, 3.8) is 0 Å². The fourth-order valence-electron chi connectivity index (χ4n) is 6.87. The zero-order valence-corrected chi connectivity index (χ0v) is 23.3. The second-order valence-corrected chi connectivity index (χ2v) is 12.3. The second kappa shape index (κ2) is 9.25. The maximum absolute atomic E-state index is 5.98. The van der Waals surface area contributed by atoms with E-state index < -0.39 is 0 Å². The Bertz CT molecular complexity index is 1440. The summed E-state index contributed by atoms with van der Waals surface area (Å²) < 4.78 is 8.02. The van der Waals surface area contributed by atoms with Gasteiger partial charge in [-0.1, -0.05) is 19.9 Å². The smallest absolute Gasteiger partial charge is 0.163 e. The molecule has 4 aromatic rings. The van der Waals surface area contributed by atoms with Gasteiger partial charge in [-0.15, -0.1) is 10.2 Å². The highest BCUT2D eigenvalue weighted by atomic mass is 16.5. The Morgan fingerprint density at radius 3 is 2.59 bits per heavy atom. The number of ether oxygens (including phenoxy) is 1. The zero-order valence-electron chi connectivity index (χ0n) is 23.3. The summed E-state index contributed by atoms with van der Waals surface area (Å²) in [5.41, 5.74) is 9.99. The number of likely N-dealkylation sites (tertiary alicyclic amines) is 1. The van der Waals surface area contributed by atoms with Gasteiger partial charge in [-0.05, 0) is 113 Å². The lowest BCUT2D eigenvalue weighted by Gasteiger charge is -2.44. The SMILES string of the molecule is Cc1c(-c2[nH]c3ccc(C4CCN(C5CCOC(C)(C)C5)CC4)cc3c2C(C)C)cn2cnnc2c1C. The maximum Gasteiger partial charge on any atom is 0.163 e. The van der Waals surface area contributed by atoms with Crippen molar-refractivity contribution in [3.8, 4) is 11.3 Å². The third-order valence-corrected chi connectivity index (χ3v) is 9.04. The third-order valence-electron chi connectivity index (χ3n) is 9.04. The lowest BCUT2D eigenvalue weighted by molar-refractivity contribution is -0.0858. The molecule has 0 aliphatic carbocycles. The van der Waals surface area contributed by atoms with Gasteiger partial charge in [-0.2, -0.15) is 0 Å². The van der Waals surface area contributed by atoms with E-state index >= 15 is 0 Å². The number of pyridine rings is 1. The van der Waals surface area contributed by atoms with Crippen molar-refractivity contribution in [3.05, 3.63) is 53.0 Å². The number of aromatic amines is 1. The standard InChI is InChI=1S/C31H41N5O/c1-19(2)28-25-15-23(22-9-12-35(13-10-22)24-11-14-37-31(5,6)16-24)7-8-27(25)33-29(28)26-17-36-18-32-34-30(36)21(4)20(26)3/h7-8,15,17-19,22,24,33H,9-14,16H2,1-6H3. The highest BCUT2D eigenvalue weighted by Crippen LogP contribution is 2.40. The van der Waals surface area contributed by atoms with Gasteiger partial charge < -0.3 is 14.6 Å². The highest BCUT2D eigenvalue weighted by Gasteiger charge is 2.34. The zero-order chi connectivity index (χ0) is 25.9. The molecule has 0 radical (unpaired) electrons. The second-order valence-electron chi connectivity index (χ2n) is 12.3. The summed E-state index contributed by atoms with van der Waals surface area (Å²) in [7, 11) is 0. The van der Waals surface area contributed by atoms with Crippen LogP contribution in [0.2, 0.25) is 0 Å². The van der Waals surface area contributed by atoms with Gasteiger partial charge in [-0.25, -0.2) is 0 Å². The first-order valence-corrected chi connectivity index (χ1v) is 14.1. The number of piperidine rings is 1. The fourth-order valence-corrected chi connectivity index (χ4v) is 6.87. The molecule has 5 heterocycles. The van der Waals surface area contributed by atoms with E-state index in [4.69, 9.17) is 4.74 Å². The van der Waals surface area contributed by atoms with Crippen molar-refractivity contribution in [1.29, 1.82) is 0 Å². The van der Waals surface area contributed by atoms with E-state index in [0.717, 1.165) is 18.7 Å². The number of nitrogens with one attached hydrogen (secondary N) is 1. The van der Waals surface area contributed by atoms with Crippen molar-refractivity contribution in [2.75, 3.05) is 19.7 Å². The van der Waals surface area contributed by atoms with Gasteiger partial charge in [0, 0.05) is 35.3 Å². The summed E-state index contributed by atoms with van der Waals surface area (Å²) in [6.07, 6.45) is 8.77. The topological polar surface area (TPSA) is 58.5 Å². The molecule has 0 spiro atoms. The van der Waals surface area contributed by atoms with E-state index in [9.17, 15) is 0 Å². The van der Waals surface area contributed by atoms with Crippen LogP contribution >= 0.6 is 0 Å². The van der Waals surface area contributed by atoms with Crippen LogP contribution in [0.15, 0.2) is 30.7 Å². The largest absolute Gasteiger partial charge is 0.375 e. The summed E-state index contributed by atoms with van der Waals surface area (Å²) in [5.74, 6) is 1.04. The van der Waals surface area contributed by atoms with Gasteiger partial charge in [0.1, 0.15) is 6.33 Å². The number of hydrogen-bond acceptors (Lipinski definition) is 4. The summed E-state index contributed by atoms with van der Waals surface area (Å²) >= 11 is 0. The third kappa shape index (κ3) is 4.38. The van der Waals surface area contributed by atoms with E-state index in [1.807, 2.05) is 4.40 Å². The van der Waals surface area contributed by atoms with Crippen LogP contribution in [-0.4, -0.2) is 55.8 Å². The summed E-state index contributed by atoms with van der Waals surface area (Å²) in [4.78, 5) is 6.54. The average Bonchev–Trinajstić information content (AvgIpc) is 3.50. The van der Waals surface area contributed by atoms with Crippen LogP contribution in [0.5, 0.6) is 0 Å². The quantitative estimate of drug-likeness (QED) is 0.337. The Balaban J connectivity index is 1.30. The molecule has 3 aromatic heterocycles. The molecule has 2 saturated heterocycles. The Morgan fingerprint density at radius 2 is 1.86 bits per heavy atom. The maximum atomic E-state index is 5.98. The number of nitrogens with zero attached hydrogens (tertiary/aromatic N) is 4. The minimum absolute atomic E-state index is 0.0137. The molecule has 0 bridgehead atoms. The predicted octanol–water partition coefficient (Wildman–Crippen LogP) is 6.75. The van der Waals surface area contributed by atoms with E-state index in [1.165, 1.54) is 76.8 Å². The summed E-state index contributed by atoms with van der Waals surface area (Å²) in [6.45, 7) is 16.7. The molecule has 0 saturated carbocycles. The van der Waals surface area contributed by atoms with Gasteiger partial charge in [-0.3, -0.25) is 4.40 Å². The van der Waals surface area contributed by atoms with Gasteiger partial charge in [0.15, 0.2) is 5.65 Å². The molecular formula is C31H41N5O. The first kappa shape index (κ1) is 24.6. The van der Waals surface area contributed by atoms with E-state index in [0.29, 0.717) is 17.9 Å². The summed E-state index contributed by atoms with van der Waals surface area (Å²) in [5, 5.41) is 9.82. The monoisotopic (exact) mass is 499 g/mol. The number of H-pyrrole nitrogens is 1. The van der Waals surface area contributed by atoms with Crippen LogP contribution in [0.1, 0.15) is 87.5 Å². The lowest BCUT2D eigenvalue weighted by atomic mass is 9.85. The predicted molar refractivity (Wildman–Crippen MR) is 150 cm³/mol. The Hall–Kier alpha value is -2.70. The molecule has 1 atom stereocenters. The Kier molecular flexibility index (Phi) is 6.15. The van der Waals surface area contributed by atoms with Crippen molar-refractivity contribution in [1.82, 2.24) is 24.5 Å². The molecule has 1 aromatic carbocycles. The van der Waals surface area contributed by atoms with Crippen LogP contribution in [0, 0.1) is 13.8 Å². The van der Waals surface area contributed by atoms with Gasteiger partial charge in [0.05, 0.1) is 11.3 Å². The number of aromatic nitrogens is 4. The van der Waals surface area contributed by atoms with Crippen LogP contribution in [0.3, 0.4) is 0 Å². The molecule has 6 rings (SSSR count). The van der Waals surface area contributed by atoms with E-state index in [2.05, 4.69) is 86.0 Å². The first-order chi connectivity index (χ1) is 17.7. The van der Waals surface area contributed by atoms with Gasteiger partial charge in [0.2, 0.25) is 0 Å². The van der Waals surface area contributed by atoms with Crippen molar-refractivity contribution in [2.45, 2.75) is 90.7 Å². The molecule has 2 aliphatic rings. The van der Waals surface area contributed by atoms with Gasteiger partial charge in [0.25, 0.3) is 0 Å². The molecule has 2 fully saturated rings. The number of rotatable bonds is 4. The average molecular weight is 500 g/mol. The van der Waals surface area contributed by atoms with Crippen molar-refractivity contribution < 1.29 is 4.74 Å². The van der Waals surface area contributed by atoms with Crippen molar-refractivity contribution in [2.24, 2.45) is 0 Å². The fraction of sp³-hybridized carbons (Fsp3) is 0.548. The molecule has 37 heavy (non-hydrogen) atoms. The summed E-state index contributed by atoms with van der Waals surface area (Å²) in [6, 6.07) is 7.84. The minimum Gasteiger partial charge on any atom is -0.375 e. The molecule has 6 heteroatoms. The normalized spacial score (nSPS) is 21.4. The first-order valence-electron chi connectivity index (χ1n) is 14.1. The van der Waals surface area contributed by atoms with Crippen LogP contribution < -0.4 is 0 Å². The van der Waals surface area contributed by atoms with Crippen molar-refractivity contribution >= 4 is 16.6 Å². The molecule has 1 unspecified atom stereocenters. The van der Waals surface area contributed by atoms with Crippen LogP contribution in [0.4, 0.5) is 0 Å². The number of benzene rings is 1. The minimum atomic E-state index is 0.0137. The molecular weight excluding hydrogens is 458 g/mol. The Morgan fingerprint density at radius 1 is 1.08 bits per heavy atom. The molecule has 2 aliphatic heterocycles. The molecule has 196 valence electrons. The Labute approximate surface area is 220 Å². The van der Waals surface area contributed by atoms with Gasteiger partial charge >= 0.3 is 0 Å². The van der Waals surface area contributed by atoms with Crippen LogP contribution in [0.25, 0.3) is 27.8 Å². The van der Waals surface area contributed by atoms with E-state index in [1.54, 1.807) is 6.33 Å². The number of hydrogen-bond donors (Lipinski definition) is 1. The van der Waals surface area contributed by atoms with E-state index in [-0.39, 0.29) is 5.60 Å². The lowest BCUT2D eigenvalue weighted by Crippen LogP contribution is -2.48. The molecule has 1 N–H and O–H groups in total. The van der Waals surface area contributed by atoms with Crippen LogP contribution in [-0.2, 0) is 4.74 Å². The molecule has 0 amide bonds. The molecule has 6 nitrogen and oxygen atoms in total. The number of aryl methyl sites for hydroxylation is 1.